The summed E-state index contributed by atoms with van der Waals surface area (Å²) in [6, 6.07) is 11.3. The van der Waals surface area contributed by atoms with Crippen LogP contribution in [-0.2, 0) is 14.8 Å². The van der Waals surface area contributed by atoms with Crippen LogP contribution in [-0.4, -0.2) is 33.2 Å². The van der Waals surface area contributed by atoms with E-state index in [-0.39, 0.29) is 11.6 Å². The maximum atomic E-state index is 12.5. The average molecular weight is 401 g/mol. The lowest BCUT2D eigenvalue weighted by Gasteiger charge is -2.33. The fourth-order valence-corrected chi connectivity index (χ4v) is 3.83. The highest BCUT2D eigenvalue weighted by Gasteiger charge is 2.35. The highest BCUT2D eigenvalue weighted by molar-refractivity contribution is 7.92. The van der Waals surface area contributed by atoms with Crippen molar-refractivity contribution in [2.45, 2.75) is 6.10 Å². The smallest absolute Gasteiger partial charge is 0.267 e. The Morgan fingerprint density at radius 2 is 1.96 bits per heavy atom. The van der Waals surface area contributed by atoms with Gasteiger partial charge in [0.05, 0.1) is 29.2 Å². The standard InChI is InChI=1S/C16H14Cl2N2O4S/c1-25(22,23)20-9-15(24-14-5-3-2-4-13(14)20)16(21)19-12-7-6-10(17)8-11(12)18/h2-8,15H,9H2,1H3,(H,19,21)/t15-/m1/s1. The molecule has 132 valence electrons. The van der Waals surface area contributed by atoms with Crippen molar-refractivity contribution in [2.75, 3.05) is 22.4 Å². The number of hydrogen-bond donors (Lipinski definition) is 1. The van der Waals surface area contributed by atoms with Gasteiger partial charge in [0, 0.05) is 5.02 Å². The number of carbonyl (C=O) groups excluding carboxylic acids is 1. The van der Waals surface area contributed by atoms with Crippen molar-refractivity contribution in [2.24, 2.45) is 0 Å². The summed E-state index contributed by atoms with van der Waals surface area (Å²) in [5, 5.41) is 3.35. The van der Waals surface area contributed by atoms with Crippen molar-refractivity contribution in [1.29, 1.82) is 0 Å². The van der Waals surface area contributed by atoms with Crippen molar-refractivity contribution >= 4 is 50.5 Å². The molecular formula is C16H14Cl2N2O4S. The van der Waals surface area contributed by atoms with Crippen molar-refractivity contribution in [3.63, 3.8) is 0 Å². The molecule has 2 aromatic rings. The number of sulfonamides is 1. The second-order valence-corrected chi connectivity index (χ2v) is 8.23. The van der Waals surface area contributed by atoms with Crippen molar-refractivity contribution in [1.82, 2.24) is 0 Å². The van der Waals surface area contributed by atoms with Gasteiger partial charge in [-0.1, -0.05) is 35.3 Å². The topological polar surface area (TPSA) is 75.7 Å². The van der Waals surface area contributed by atoms with Crippen molar-refractivity contribution < 1.29 is 17.9 Å². The van der Waals surface area contributed by atoms with Gasteiger partial charge in [-0.05, 0) is 30.3 Å². The number of carbonyl (C=O) groups is 1. The van der Waals surface area contributed by atoms with Gasteiger partial charge in [-0.25, -0.2) is 8.42 Å². The Labute approximate surface area is 155 Å². The molecule has 25 heavy (non-hydrogen) atoms. The van der Waals surface area contributed by atoms with Crippen LogP contribution in [0, 0.1) is 0 Å². The molecule has 1 aliphatic rings. The number of benzene rings is 2. The van der Waals surface area contributed by atoms with E-state index in [0.29, 0.717) is 22.1 Å². The normalized spacial score (nSPS) is 16.8. The Bertz CT molecular complexity index is 933. The molecule has 9 heteroatoms. The number of fused-ring (bicyclic) bond motifs is 1. The predicted octanol–water partition coefficient (Wildman–Crippen LogP) is 3.16. The third-order valence-corrected chi connectivity index (χ3v) is 5.31. The van der Waals surface area contributed by atoms with Gasteiger partial charge in [0.25, 0.3) is 5.91 Å². The predicted molar refractivity (Wildman–Crippen MR) is 98.1 cm³/mol. The van der Waals surface area contributed by atoms with Crippen LogP contribution in [0.25, 0.3) is 0 Å². The molecule has 2 aromatic carbocycles. The molecule has 1 aliphatic heterocycles. The molecule has 1 amide bonds. The van der Waals surface area contributed by atoms with Crippen LogP contribution in [0.2, 0.25) is 10.0 Å². The fourth-order valence-electron chi connectivity index (χ4n) is 2.46. The summed E-state index contributed by atoms with van der Waals surface area (Å²) < 4.78 is 31.0. The van der Waals surface area contributed by atoms with E-state index in [1.807, 2.05) is 0 Å². The van der Waals surface area contributed by atoms with Crippen LogP contribution < -0.4 is 14.4 Å². The average Bonchev–Trinajstić information content (AvgIpc) is 2.55. The number of rotatable bonds is 3. The minimum Gasteiger partial charge on any atom is -0.476 e. The number of amides is 1. The monoisotopic (exact) mass is 400 g/mol. The minimum absolute atomic E-state index is 0.132. The van der Waals surface area contributed by atoms with Crippen LogP contribution in [0.3, 0.4) is 0 Å². The fraction of sp³-hybridized carbons (Fsp3) is 0.188. The van der Waals surface area contributed by atoms with E-state index >= 15 is 0 Å². The van der Waals surface area contributed by atoms with Gasteiger partial charge in [0.2, 0.25) is 10.0 Å². The first-order chi connectivity index (χ1) is 11.8. The number of ether oxygens (including phenoxy) is 1. The van der Waals surface area contributed by atoms with E-state index in [1.165, 1.54) is 6.07 Å². The molecule has 6 nitrogen and oxygen atoms in total. The molecule has 0 radical (unpaired) electrons. The highest BCUT2D eigenvalue weighted by Crippen LogP contribution is 2.35. The number of anilines is 2. The lowest BCUT2D eigenvalue weighted by molar-refractivity contribution is -0.122. The summed E-state index contributed by atoms with van der Waals surface area (Å²) in [6.07, 6.45) is 0.0662. The van der Waals surface area contributed by atoms with Gasteiger partial charge in [-0.3, -0.25) is 9.10 Å². The number of nitrogens with zero attached hydrogens (tertiary/aromatic N) is 1. The number of nitrogens with one attached hydrogen (secondary N) is 1. The number of halogens is 2. The van der Waals surface area contributed by atoms with Crippen LogP contribution in [0.15, 0.2) is 42.5 Å². The van der Waals surface area contributed by atoms with Gasteiger partial charge in [-0.2, -0.15) is 0 Å². The molecule has 0 saturated carbocycles. The van der Waals surface area contributed by atoms with E-state index in [1.54, 1.807) is 36.4 Å². The van der Waals surface area contributed by atoms with E-state index in [0.717, 1.165) is 10.6 Å². The SMILES string of the molecule is CS(=O)(=O)N1C[C@H](C(=O)Nc2ccc(Cl)cc2Cl)Oc2ccccc21. The summed E-state index contributed by atoms with van der Waals surface area (Å²) >= 11 is 11.9. The molecule has 1 N–H and O–H groups in total. The first-order valence-corrected chi connectivity index (χ1v) is 9.85. The minimum atomic E-state index is -3.56. The molecule has 0 saturated heterocycles. The molecule has 0 spiro atoms. The zero-order valence-corrected chi connectivity index (χ0v) is 15.4. The Balaban J connectivity index is 1.87. The molecule has 0 bridgehead atoms. The molecule has 1 heterocycles. The van der Waals surface area contributed by atoms with E-state index < -0.39 is 22.0 Å². The summed E-state index contributed by atoms with van der Waals surface area (Å²) in [7, 11) is -3.56. The van der Waals surface area contributed by atoms with E-state index in [4.69, 9.17) is 27.9 Å². The zero-order valence-electron chi connectivity index (χ0n) is 13.1. The molecule has 3 rings (SSSR count). The second kappa shape index (κ2) is 6.74. The highest BCUT2D eigenvalue weighted by atomic mass is 35.5. The summed E-state index contributed by atoms with van der Waals surface area (Å²) in [5.74, 6) is -0.186. The molecular weight excluding hydrogens is 387 g/mol. The van der Waals surface area contributed by atoms with Crippen molar-refractivity contribution in [3.8, 4) is 5.75 Å². The quantitative estimate of drug-likeness (QED) is 0.858. The van der Waals surface area contributed by atoms with Crippen LogP contribution in [0.4, 0.5) is 11.4 Å². The first kappa shape index (κ1) is 17.8. The van der Waals surface area contributed by atoms with Crippen LogP contribution >= 0.6 is 23.2 Å². The van der Waals surface area contributed by atoms with Gasteiger partial charge >= 0.3 is 0 Å². The van der Waals surface area contributed by atoms with Gasteiger partial charge in [0.1, 0.15) is 5.75 Å². The number of hydrogen-bond acceptors (Lipinski definition) is 4. The summed E-state index contributed by atoms with van der Waals surface area (Å²) in [6.45, 7) is -0.132. The van der Waals surface area contributed by atoms with Gasteiger partial charge < -0.3 is 10.1 Å². The molecule has 0 unspecified atom stereocenters. The van der Waals surface area contributed by atoms with E-state index in [9.17, 15) is 13.2 Å². The lowest BCUT2D eigenvalue weighted by atomic mass is 10.2. The molecule has 0 aliphatic carbocycles. The van der Waals surface area contributed by atoms with Gasteiger partial charge in [-0.15, -0.1) is 0 Å². The maximum absolute atomic E-state index is 12.5. The summed E-state index contributed by atoms with van der Waals surface area (Å²) in [4.78, 5) is 12.5. The van der Waals surface area contributed by atoms with Crippen LogP contribution in [0.5, 0.6) is 5.75 Å². The van der Waals surface area contributed by atoms with Crippen LogP contribution in [0.1, 0.15) is 0 Å². The second-order valence-electron chi connectivity index (χ2n) is 5.48. The lowest BCUT2D eigenvalue weighted by Crippen LogP contribution is -2.48. The van der Waals surface area contributed by atoms with Gasteiger partial charge in [0.15, 0.2) is 6.10 Å². The maximum Gasteiger partial charge on any atom is 0.267 e. The first-order valence-electron chi connectivity index (χ1n) is 7.25. The Kier molecular flexibility index (Phi) is 4.81. The largest absolute Gasteiger partial charge is 0.476 e. The molecule has 1 atom stereocenters. The zero-order chi connectivity index (χ0) is 18.2. The summed E-state index contributed by atoms with van der Waals surface area (Å²) in [5.41, 5.74) is 0.767. The van der Waals surface area contributed by atoms with E-state index in [2.05, 4.69) is 5.32 Å². The molecule has 0 aromatic heterocycles. The molecule has 0 fully saturated rings. The Morgan fingerprint density at radius 3 is 2.64 bits per heavy atom. The third-order valence-electron chi connectivity index (χ3n) is 3.62. The Hall–Kier alpha value is -1.96. The Morgan fingerprint density at radius 1 is 1.24 bits per heavy atom. The number of para-hydroxylation sites is 2. The van der Waals surface area contributed by atoms with Crippen molar-refractivity contribution in [3.05, 3.63) is 52.5 Å². The third kappa shape index (κ3) is 3.84.